The van der Waals surface area contributed by atoms with E-state index in [9.17, 15) is 0 Å². The smallest absolute Gasteiger partial charge is 0.0640 e. The van der Waals surface area contributed by atoms with Gasteiger partial charge >= 0.3 is 0 Å². The van der Waals surface area contributed by atoms with Crippen LogP contribution in [0.2, 0.25) is 10.0 Å². The third-order valence-corrected chi connectivity index (χ3v) is 5.00. The lowest BCUT2D eigenvalue weighted by Gasteiger charge is -2.32. The molecular formula is C15H22Cl2N2. The number of benzene rings is 1. The molecule has 2 rings (SSSR count). The van der Waals surface area contributed by atoms with Crippen molar-refractivity contribution < 1.29 is 0 Å². The minimum Gasteiger partial charge on any atom is -0.324 e. The number of hydrogen-bond acceptors (Lipinski definition) is 2. The number of hydrogen-bond donors (Lipinski definition) is 1. The van der Waals surface area contributed by atoms with E-state index in [1.54, 1.807) is 6.07 Å². The Hall–Kier alpha value is -0.280. The van der Waals surface area contributed by atoms with E-state index in [0.717, 1.165) is 18.5 Å². The fourth-order valence-electron chi connectivity index (χ4n) is 2.84. The fraction of sp³-hybridized carbons (Fsp3) is 0.600. The zero-order valence-corrected chi connectivity index (χ0v) is 13.1. The van der Waals surface area contributed by atoms with Crippen LogP contribution in [0.1, 0.15) is 44.7 Å². The van der Waals surface area contributed by atoms with E-state index in [-0.39, 0.29) is 6.04 Å². The first-order valence-electron chi connectivity index (χ1n) is 6.86. The van der Waals surface area contributed by atoms with Crippen molar-refractivity contribution in [2.45, 2.75) is 44.7 Å². The monoisotopic (exact) mass is 300 g/mol. The minimum absolute atomic E-state index is 0.0531. The van der Waals surface area contributed by atoms with Gasteiger partial charge in [0.1, 0.15) is 0 Å². The van der Waals surface area contributed by atoms with Crippen LogP contribution < -0.4 is 5.73 Å². The first kappa shape index (κ1) is 15.1. The van der Waals surface area contributed by atoms with Crippen molar-refractivity contribution in [3.63, 3.8) is 0 Å². The summed E-state index contributed by atoms with van der Waals surface area (Å²) < 4.78 is 0. The van der Waals surface area contributed by atoms with Gasteiger partial charge in [0.05, 0.1) is 10.0 Å². The standard InChI is InChI=1S/C15H22Cl2N2/c1-15(2)8-4-9-19(15)10-7-13(18)11-5-3-6-12(16)14(11)17/h3,5-6,13H,4,7-10,18H2,1-2H3. The summed E-state index contributed by atoms with van der Waals surface area (Å²) in [5.41, 5.74) is 7.52. The third kappa shape index (κ3) is 3.43. The van der Waals surface area contributed by atoms with Gasteiger partial charge in [0.25, 0.3) is 0 Å². The number of halogens is 2. The Morgan fingerprint density at radius 1 is 1.37 bits per heavy atom. The highest BCUT2D eigenvalue weighted by molar-refractivity contribution is 6.42. The molecule has 0 amide bonds. The van der Waals surface area contributed by atoms with E-state index >= 15 is 0 Å². The van der Waals surface area contributed by atoms with Gasteiger partial charge in [-0.25, -0.2) is 0 Å². The van der Waals surface area contributed by atoms with E-state index in [4.69, 9.17) is 28.9 Å². The van der Waals surface area contributed by atoms with Gasteiger partial charge in [-0.2, -0.15) is 0 Å². The summed E-state index contributed by atoms with van der Waals surface area (Å²) in [7, 11) is 0. The number of nitrogens with two attached hydrogens (primary N) is 1. The topological polar surface area (TPSA) is 29.3 Å². The zero-order chi connectivity index (χ0) is 14.0. The Bertz CT molecular complexity index is 446. The largest absolute Gasteiger partial charge is 0.324 e. The molecule has 1 fully saturated rings. The predicted molar refractivity (Wildman–Crippen MR) is 82.9 cm³/mol. The molecule has 1 saturated heterocycles. The lowest BCUT2D eigenvalue weighted by molar-refractivity contribution is 0.169. The van der Waals surface area contributed by atoms with E-state index in [1.165, 1.54) is 19.4 Å². The maximum absolute atomic E-state index is 6.26. The quantitative estimate of drug-likeness (QED) is 0.900. The third-order valence-electron chi connectivity index (χ3n) is 4.16. The summed E-state index contributed by atoms with van der Waals surface area (Å²) in [6, 6.07) is 5.61. The Kier molecular flexibility index (Phi) is 4.78. The van der Waals surface area contributed by atoms with E-state index < -0.39 is 0 Å². The van der Waals surface area contributed by atoms with E-state index in [0.29, 0.717) is 15.6 Å². The maximum Gasteiger partial charge on any atom is 0.0640 e. The van der Waals surface area contributed by atoms with Gasteiger partial charge in [-0.1, -0.05) is 35.3 Å². The molecule has 19 heavy (non-hydrogen) atoms. The lowest BCUT2D eigenvalue weighted by atomic mass is 10.0. The number of likely N-dealkylation sites (tertiary alicyclic amines) is 1. The molecular weight excluding hydrogens is 279 g/mol. The molecule has 0 radical (unpaired) electrons. The highest BCUT2D eigenvalue weighted by Crippen LogP contribution is 2.32. The van der Waals surface area contributed by atoms with Gasteiger partial charge in [0, 0.05) is 18.1 Å². The van der Waals surface area contributed by atoms with Crippen molar-refractivity contribution in [1.82, 2.24) is 4.90 Å². The van der Waals surface area contributed by atoms with Crippen LogP contribution in [-0.2, 0) is 0 Å². The van der Waals surface area contributed by atoms with Crippen LogP contribution in [0.15, 0.2) is 18.2 Å². The van der Waals surface area contributed by atoms with Crippen molar-refractivity contribution in [2.24, 2.45) is 5.73 Å². The molecule has 0 saturated carbocycles. The minimum atomic E-state index is -0.0531. The van der Waals surface area contributed by atoms with E-state index in [2.05, 4.69) is 18.7 Å². The molecule has 0 bridgehead atoms. The van der Waals surface area contributed by atoms with Gasteiger partial charge in [-0.15, -0.1) is 0 Å². The summed E-state index contributed by atoms with van der Waals surface area (Å²) in [6.45, 7) is 6.79. The average molecular weight is 301 g/mol. The van der Waals surface area contributed by atoms with Crippen molar-refractivity contribution in [3.05, 3.63) is 33.8 Å². The second-order valence-corrected chi connectivity index (χ2v) is 6.73. The molecule has 0 aliphatic carbocycles. The zero-order valence-electron chi connectivity index (χ0n) is 11.6. The molecule has 2 nitrogen and oxygen atoms in total. The number of rotatable bonds is 4. The van der Waals surface area contributed by atoms with Gasteiger partial charge in [0.2, 0.25) is 0 Å². The Balaban J connectivity index is 1.98. The van der Waals surface area contributed by atoms with Crippen LogP contribution in [0.3, 0.4) is 0 Å². The second kappa shape index (κ2) is 6.01. The van der Waals surface area contributed by atoms with Crippen molar-refractivity contribution in [3.8, 4) is 0 Å². The van der Waals surface area contributed by atoms with Crippen LogP contribution in [0, 0.1) is 0 Å². The lowest BCUT2D eigenvalue weighted by Crippen LogP contribution is -2.39. The summed E-state index contributed by atoms with van der Waals surface area (Å²) in [5, 5.41) is 1.17. The van der Waals surface area contributed by atoms with Crippen LogP contribution in [0.4, 0.5) is 0 Å². The molecule has 1 heterocycles. The summed E-state index contributed by atoms with van der Waals surface area (Å²) in [5.74, 6) is 0. The van der Waals surface area contributed by atoms with Gasteiger partial charge < -0.3 is 5.73 Å². The van der Waals surface area contributed by atoms with Crippen molar-refractivity contribution in [1.29, 1.82) is 0 Å². The van der Waals surface area contributed by atoms with Crippen LogP contribution in [-0.4, -0.2) is 23.5 Å². The normalized spacial score (nSPS) is 20.7. The molecule has 1 atom stereocenters. The maximum atomic E-state index is 6.26. The fourth-order valence-corrected chi connectivity index (χ4v) is 3.28. The molecule has 0 spiro atoms. The van der Waals surface area contributed by atoms with Gasteiger partial charge in [0.15, 0.2) is 0 Å². The molecule has 1 aliphatic heterocycles. The van der Waals surface area contributed by atoms with E-state index in [1.807, 2.05) is 12.1 Å². The van der Waals surface area contributed by atoms with Gasteiger partial charge in [-0.05, 0) is 51.3 Å². The summed E-state index contributed by atoms with van der Waals surface area (Å²) in [4.78, 5) is 2.52. The van der Waals surface area contributed by atoms with Gasteiger partial charge in [-0.3, -0.25) is 4.90 Å². The Morgan fingerprint density at radius 2 is 2.11 bits per heavy atom. The molecule has 1 aromatic rings. The predicted octanol–water partition coefficient (Wildman–Crippen LogP) is 4.26. The number of nitrogens with zero attached hydrogens (tertiary/aromatic N) is 1. The Labute approximate surface area is 125 Å². The molecule has 1 aliphatic rings. The van der Waals surface area contributed by atoms with Crippen LogP contribution >= 0.6 is 23.2 Å². The SMILES string of the molecule is CC1(C)CCCN1CCC(N)c1cccc(Cl)c1Cl. The molecule has 0 aromatic heterocycles. The second-order valence-electron chi connectivity index (χ2n) is 5.94. The van der Waals surface area contributed by atoms with Crippen molar-refractivity contribution in [2.75, 3.05) is 13.1 Å². The summed E-state index contributed by atoms with van der Waals surface area (Å²) in [6.07, 6.45) is 3.45. The first-order valence-corrected chi connectivity index (χ1v) is 7.62. The van der Waals surface area contributed by atoms with Crippen molar-refractivity contribution >= 4 is 23.2 Å². The highest BCUT2D eigenvalue weighted by Gasteiger charge is 2.31. The van der Waals surface area contributed by atoms with Crippen LogP contribution in [0.5, 0.6) is 0 Å². The molecule has 1 aromatic carbocycles. The highest BCUT2D eigenvalue weighted by atomic mass is 35.5. The molecule has 4 heteroatoms. The summed E-state index contributed by atoms with van der Waals surface area (Å²) >= 11 is 12.2. The molecule has 1 unspecified atom stereocenters. The molecule has 2 N–H and O–H groups in total. The average Bonchev–Trinajstić information content (AvgIpc) is 2.69. The molecule has 106 valence electrons. The Morgan fingerprint density at radius 3 is 2.74 bits per heavy atom. The first-order chi connectivity index (χ1) is 8.92. The van der Waals surface area contributed by atoms with Crippen LogP contribution in [0.25, 0.3) is 0 Å².